The maximum Gasteiger partial charge on any atom is 0.233 e. The van der Waals surface area contributed by atoms with Crippen molar-refractivity contribution in [3.8, 4) is 5.75 Å². The molecule has 0 saturated heterocycles. The second kappa shape index (κ2) is 9.61. The third-order valence-corrected chi connectivity index (χ3v) is 5.36. The molecular formula is C20H21ClN4O2S. The number of thioether (sulfide) groups is 1. The molecule has 3 aromatic rings. The maximum absolute atomic E-state index is 12.3. The number of nitrogens with zero attached hydrogens (tertiary/aromatic N) is 2. The number of carbonyl (C=O) groups excluding carboxylic acids is 1. The number of aromatic amines is 1. The van der Waals surface area contributed by atoms with E-state index >= 15 is 0 Å². The number of hydrogen-bond acceptors (Lipinski definition) is 5. The first-order chi connectivity index (χ1) is 13.5. The lowest BCUT2D eigenvalue weighted by atomic mass is 10.2. The van der Waals surface area contributed by atoms with Gasteiger partial charge in [-0.1, -0.05) is 53.7 Å². The van der Waals surface area contributed by atoms with Gasteiger partial charge in [0.25, 0.3) is 0 Å². The average Bonchev–Trinajstić information content (AvgIpc) is 3.15. The number of nitrogens with one attached hydrogen (secondary N) is 2. The van der Waals surface area contributed by atoms with Gasteiger partial charge in [-0.25, -0.2) is 4.98 Å². The average molecular weight is 417 g/mol. The summed E-state index contributed by atoms with van der Waals surface area (Å²) in [6.45, 7) is 4.50. The molecular weight excluding hydrogens is 396 g/mol. The zero-order chi connectivity index (χ0) is 19.9. The van der Waals surface area contributed by atoms with Crippen molar-refractivity contribution >= 4 is 29.3 Å². The van der Waals surface area contributed by atoms with Crippen LogP contribution in [0, 0.1) is 6.92 Å². The Kier molecular flexibility index (Phi) is 6.95. The second-order valence-electron chi connectivity index (χ2n) is 6.23. The van der Waals surface area contributed by atoms with Crippen LogP contribution in [-0.4, -0.2) is 26.3 Å². The SMILES string of the molecule is Cc1cc(OCc2nc(S[C@H](C)C(=O)NCc3ccccc3)n[nH]2)ccc1Cl. The number of hydrogen-bond donors (Lipinski definition) is 2. The highest BCUT2D eigenvalue weighted by Gasteiger charge is 2.17. The normalized spacial score (nSPS) is 11.8. The van der Waals surface area contributed by atoms with Gasteiger partial charge in [-0.3, -0.25) is 9.89 Å². The molecule has 0 fully saturated rings. The molecule has 0 spiro atoms. The van der Waals surface area contributed by atoms with Gasteiger partial charge in [0.1, 0.15) is 12.4 Å². The van der Waals surface area contributed by atoms with Crippen LogP contribution in [0.2, 0.25) is 5.02 Å². The van der Waals surface area contributed by atoms with Crippen molar-refractivity contribution in [1.29, 1.82) is 0 Å². The van der Waals surface area contributed by atoms with E-state index in [1.54, 1.807) is 12.1 Å². The third-order valence-electron chi connectivity index (χ3n) is 3.98. The van der Waals surface area contributed by atoms with Crippen LogP contribution in [0.5, 0.6) is 5.75 Å². The van der Waals surface area contributed by atoms with E-state index in [2.05, 4.69) is 20.5 Å². The Balaban J connectivity index is 1.47. The van der Waals surface area contributed by atoms with Crippen LogP contribution in [-0.2, 0) is 17.9 Å². The largest absolute Gasteiger partial charge is 0.486 e. The summed E-state index contributed by atoms with van der Waals surface area (Å²) in [6, 6.07) is 15.3. The summed E-state index contributed by atoms with van der Waals surface area (Å²) in [5, 5.41) is 10.8. The Hall–Kier alpha value is -2.51. The van der Waals surface area contributed by atoms with E-state index in [9.17, 15) is 4.79 Å². The van der Waals surface area contributed by atoms with Crippen molar-refractivity contribution in [2.75, 3.05) is 0 Å². The number of carbonyl (C=O) groups is 1. The van der Waals surface area contributed by atoms with Gasteiger partial charge in [0.05, 0.1) is 5.25 Å². The van der Waals surface area contributed by atoms with Gasteiger partial charge in [-0.2, -0.15) is 0 Å². The monoisotopic (exact) mass is 416 g/mol. The number of aromatic nitrogens is 3. The first-order valence-corrected chi connectivity index (χ1v) is 10.1. The third kappa shape index (κ3) is 5.74. The molecule has 3 rings (SSSR count). The molecule has 0 bridgehead atoms. The fourth-order valence-corrected chi connectivity index (χ4v) is 3.28. The second-order valence-corrected chi connectivity index (χ2v) is 7.94. The van der Waals surface area contributed by atoms with E-state index in [1.807, 2.05) is 50.2 Å². The van der Waals surface area contributed by atoms with Crippen molar-refractivity contribution in [3.63, 3.8) is 0 Å². The predicted octanol–water partition coefficient (Wildman–Crippen LogP) is 4.14. The van der Waals surface area contributed by atoms with Gasteiger partial charge >= 0.3 is 0 Å². The molecule has 1 aromatic heterocycles. The van der Waals surface area contributed by atoms with Crippen molar-refractivity contribution in [3.05, 3.63) is 70.5 Å². The number of H-pyrrole nitrogens is 1. The number of rotatable bonds is 8. The zero-order valence-corrected chi connectivity index (χ0v) is 17.2. The minimum Gasteiger partial charge on any atom is -0.486 e. The fraction of sp³-hybridized carbons (Fsp3) is 0.250. The first kappa shape index (κ1) is 20.2. The van der Waals surface area contributed by atoms with Gasteiger partial charge in [-0.15, -0.1) is 5.10 Å². The van der Waals surface area contributed by atoms with E-state index in [-0.39, 0.29) is 17.8 Å². The Labute approximate surface area is 173 Å². The Morgan fingerprint density at radius 1 is 1.29 bits per heavy atom. The molecule has 1 amide bonds. The highest BCUT2D eigenvalue weighted by Crippen LogP contribution is 2.22. The summed E-state index contributed by atoms with van der Waals surface area (Å²) in [5.41, 5.74) is 2.01. The topological polar surface area (TPSA) is 79.9 Å². The van der Waals surface area contributed by atoms with E-state index in [0.29, 0.717) is 28.3 Å². The zero-order valence-electron chi connectivity index (χ0n) is 15.6. The molecule has 28 heavy (non-hydrogen) atoms. The molecule has 2 aromatic carbocycles. The van der Waals surface area contributed by atoms with Crippen LogP contribution in [0.1, 0.15) is 23.9 Å². The molecule has 0 aliphatic carbocycles. The van der Waals surface area contributed by atoms with Crippen LogP contribution in [0.4, 0.5) is 0 Å². The van der Waals surface area contributed by atoms with Crippen LogP contribution < -0.4 is 10.1 Å². The predicted molar refractivity (Wildman–Crippen MR) is 111 cm³/mol. The molecule has 0 unspecified atom stereocenters. The van der Waals surface area contributed by atoms with Crippen molar-refractivity contribution in [1.82, 2.24) is 20.5 Å². The van der Waals surface area contributed by atoms with Crippen LogP contribution in [0.3, 0.4) is 0 Å². The number of aryl methyl sites for hydroxylation is 1. The standard InChI is InChI=1S/C20H21ClN4O2S/c1-13-10-16(8-9-17(13)21)27-12-18-23-20(25-24-18)28-14(2)19(26)22-11-15-6-4-3-5-7-15/h3-10,14H,11-12H2,1-2H3,(H,22,26)(H,23,24,25)/t14-/m1/s1. The summed E-state index contributed by atoms with van der Waals surface area (Å²) in [5.74, 6) is 1.24. The van der Waals surface area contributed by atoms with Crippen molar-refractivity contribution in [2.24, 2.45) is 0 Å². The lowest BCUT2D eigenvalue weighted by Gasteiger charge is -2.10. The maximum atomic E-state index is 12.3. The minimum absolute atomic E-state index is 0.0620. The number of ether oxygens (including phenoxy) is 1. The number of benzene rings is 2. The summed E-state index contributed by atoms with van der Waals surface area (Å²) in [6.07, 6.45) is 0. The van der Waals surface area contributed by atoms with Crippen LogP contribution in [0.15, 0.2) is 53.7 Å². The van der Waals surface area contributed by atoms with Gasteiger partial charge in [-0.05, 0) is 43.2 Å². The molecule has 0 saturated carbocycles. The molecule has 8 heteroatoms. The summed E-state index contributed by atoms with van der Waals surface area (Å²) >= 11 is 7.31. The lowest BCUT2D eigenvalue weighted by Crippen LogP contribution is -2.30. The van der Waals surface area contributed by atoms with Crippen molar-refractivity contribution in [2.45, 2.75) is 37.4 Å². The van der Waals surface area contributed by atoms with Gasteiger partial charge in [0.15, 0.2) is 5.82 Å². The fourth-order valence-electron chi connectivity index (χ4n) is 2.39. The van der Waals surface area contributed by atoms with Crippen LogP contribution >= 0.6 is 23.4 Å². The van der Waals surface area contributed by atoms with Gasteiger partial charge in [0.2, 0.25) is 11.1 Å². The van der Waals surface area contributed by atoms with Gasteiger partial charge < -0.3 is 10.1 Å². The first-order valence-electron chi connectivity index (χ1n) is 8.80. The number of amides is 1. The smallest absolute Gasteiger partial charge is 0.233 e. The van der Waals surface area contributed by atoms with Crippen LogP contribution in [0.25, 0.3) is 0 Å². The quantitative estimate of drug-likeness (QED) is 0.539. The molecule has 1 heterocycles. The molecule has 0 radical (unpaired) electrons. The summed E-state index contributed by atoms with van der Waals surface area (Å²) in [4.78, 5) is 16.6. The van der Waals surface area contributed by atoms with E-state index in [4.69, 9.17) is 16.3 Å². The van der Waals surface area contributed by atoms with E-state index in [1.165, 1.54) is 11.8 Å². The molecule has 146 valence electrons. The Morgan fingerprint density at radius 2 is 2.07 bits per heavy atom. The molecule has 6 nitrogen and oxygen atoms in total. The van der Waals surface area contributed by atoms with E-state index in [0.717, 1.165) is 11.1 Å². The summed E-state index contributed by atoms with van der Waals surface area (Å²) in [7, 11) is 0. The molecule has 0 aliphatic rings. The number of halogens is 1. The lowest BCUT2D eigenvalue weighted by molar-refractivity contribution is -0.120. The molecule has 2 N–H and O–H groups in total. The molecule has 1 atom stereocenters. The van der Waals surface area contributed by atoms with Crippen molar-refractivity contribution < 1.29 is 9.53 Å². The minimum atomic E-state index is -0.313. The Morgan fingerprint density at radius 3 is 2.82 bits per heavy atom. The highest BCUT2D eigenvalue weighted by atomic mass is 35.5. The van der Waals surface area contributed by atoms with E-state index < -0.39 is 0 Å². The highest BCUT2D eigenvalue weighted by molar-refractivity contribution is 8.00. The molecule has 0 aliphatic heterocycles. The Bertz CT molecular complexity index is 933. The summed E-state index contributed by atoms with van der Waals surface area (Å²) < 4.78 is 5.70. The van der Waals surface area contributed by atoms with Gasteiger partial charge in [0, 0.05) is 11.6 Å².